The van der Waals surface area contributed by atoms with Crippen LogP contribution in [0.4, 0.5) is 0 Å². The smallest absolute Gasteiger partial charge is 0.297 e. The van der Waals surface area contributed by atoms with E-state index in [4.69, 9.17) is 11.6 Å². The Balaban J connectivity index is 2.82. The summed E-state index contributed by atoms with van der Waals surface area (Å²) in [4.78, 5) is 25.6. The summed E-state index contributed by atoms with van der Waals surface area (Å²) in [6, 6.07) is 8.97. The lowest BCUT2D eigenvalue weighted by Crippen LogP contribution is -2.33. The van der Waals surface area contributed by atoms with Gasteiger partial charge in [0.15, 0.2) is 0 Å². The Labute approximate surface area is 96.1 Å². The van der Waals surface area contributed by atoms with Gasteiger partial charge in [-0.2, -0.15) is 0 Å². The first kappa shape index (κ1) is 10.7. The van der Waals surface area contributed by atoms with Crippen molar-refractivity contribution in [1.82, 2.24) is 9.55 Å². The normalized spacial score (nSPS) is 10.4. The lowest BCUT2D eigenvalue weighted by atomic mass is 10.1. The molecule has 0 aliphatic carbocycles. The van der Waals surface area contributed by atoms with Gasteiger partial charge < -0.3 is 0 Å². The molecule has 0 unspecified atom stereocenters. The number of benzene rings is 1. The molecule has 82 valence electrons. The zero-order valence-electron chi connectivity index (χ0n) is 8.53. The van der Waals surface area contributed by atoms with Crippen molar-refractivity contribution in [1.29, 1.82) is 0 Å². The number of hydrogen-bond acceptors (Lipinski definition) is 2. The Morgan fingerprint density at radius 3 is 2.44 bits per heavy atom. The Bertz CT molecular complexity index is 629. The molecule has 1 N–H and O–H groups in total. The molecule has 0 aliphatic heterocycles. The van der Waals surface area contributed by atoms with E-state index >= 15 is 0 Å². The maximum Gasteiger partial charge on any atom is 0.329 e. The zero-order valence-corrected chi connectivity index (χ0v) is 9.28. The number of aromatic amines is 1. The molecule has 1 aromatic carbocycles. The summed E-state index contributed by atoms with van der Waals surface area (Å²) < 4.78 is 0.994. The molecule has 0 bridgehead atoms. The predicted molar refractivity (Wildman–Crippen MR) is 62.7 cm³/mol. The lowest BCUT2D eigenvalue weighted by Gasteiger charge is -2.05. The highest BCUT2D eigenvalue weighted by Crippen LogP contribution is 2.20. The molecule has 1 heterocycles. The summed E-state index contributed by atoms with van der Waals surface area (Å²) in [5.41, 5.74) is 0.0725. The summed E-state index contributed by atoms with van der Waals surface area (Å²) in [7, 11) is 1.41. The monoisotopic (exact) mass is 236 g/mol. The van der Waals surface area contributed by atoms with Crippen molar-refractivity contribution in [2.24, 2.45) is 7.05 Å². The van der Waals surface area contributed by atoms with Gasteiger partial charge in [-0.15, -0.1) is 0 Å². The largest absolute Gasteiger partial charge is 0.329 e. The average molecular weight is 237 g/mol. The second kappa shape index (κ2) is 3.98. The van der Waals surface area contributed by atoms with Crippen LogP contribution in [0.25, 0.3) is 11.1 Å². The third-order valence-corrected chi connectivity index (χ3v) is 2.61. The van der Waals surface area contributed by atoms with Crippen LogP contribution in [0.1, 0.15) is 0 Å². The Morgan fingerprint density at radius 2 is 1.81 bits per heavy atom. The molecule has 2 rings (SSSR count). The molecule has 4 nitrogen and oxygen atoms in total. The third-order valence-electron chi connectivity index (χ3n) is 2.32. The summed E-state index contributed by atoms with van der Waals surface area (Å²) >= 11 is 5.87. The highest BCUT2D eigenvalue weighted by atomic mass is 35.5. The van der Waals surface area contributed by atoms with Crippen molar-refractivity contribution in [2.75, 3.05) is 0 Å². The molecule has 0 amide bonds. The molecular formula is C11H9ClN2O2. The van der Waals surface area contributed by atoms with Crippen molar-refractivity contribution in [3.63, 3.8) is 0 Å². The first-order valence-electron chi connectivity index (χ1n) is 4.65. The van der Waals surface area contributed by atoms with E-state index in [2.05, 4.69) is 4.98 Å². The third kappa shape index (κ3) is 1.67. The lowest BCUT2D eigenvalue weighted by molar-refractivity contribution is 0.779. The highest BCUT2D eigenvalue weighted by molar-refractivity contribution is 6.32. The van der Waals surface area contributed by atoms with E-state index in [0.717, 1.165) is 4.57 Å². The first-order chi connectivity index (χ1) is 7.61. The summed E-state index contributed by atoms with van der Waals surface area (Å²) in [5.74, 6) is 0. The van der Waals surface area contributed by atoms with Crippen LogP contribution >= 0.6 is 11.6 Å². The minimum absolute atomic E-state index is 0.0688. The second-order valence-electron chi connectivity index (χ2n) is 3.35. The van der Waals surface area contributed by atoms with E-state index in [1.165, 1.54) is 7.05 Å². The highest BCUT2D eigenvalue weighted by Gasteiger charge is 2.11. The number of nitrogens with zero attached hydrogens (tertiary/aromatic N) is 1. The molecule has 5 heteroatoms. The van der Waals surface area contributed by atoms with Gasteiger partial charge in [-0.25, -0.2) is 4.79 Å². The van der Waals surface area contributed by atoms with E-state index in [-0.39, 0.29) is 5.15 Å². The molecule has 16 heavy (non-hydrogen) atoms. The predicted octanol–water partition coefficient (Wildman–Crippen LogP) is 1.39. The Hall–Kier alpha value is -1.81. The van der Waals surface area contributed by atoms with Gasteiger partial charge in [-0.3, -0.25) is 14.3 Å². The van der Waals surface area contributed by atoms with E-state index in [1.807, 2.05) is 6.07 Å². The first-order valence-corrected chi connectivity index (χ1v) is 5.03. The fourth-order valence-corrected chi connectivity index (χ4v) is 1.72. The van der Waals surface area contributed by atoms with Crippen molar-refractivity contribution in [3.8, 4) is 11.1 Å². The minimum atomic E-state index is -0.519. The topological polar surface area (TPSA) is 54.9 Å². The van der Waals surface area contributed by atoms with Crippen LogP contribution in [0, 0.1) is 0 Å². The van der Waals surface area contributed by atoms with Gasteiger partial charge in [0.25, 0.3) is 5.56 Å². The molecular weight excluding hydrogens is 228 g/mol. The summed E-state index contributed by atoms with van der Waals surface area (Å²) in [5, 5.41) is 0.0688. The molecule has 0 spiro atoms. The van der Waals surface area contributed by atoms with Gasteiger partial charge in [-0.1, -0.05) is 41.9 Å². The molecule has 1 aromatic heterocycles. The van der Waals surface area contributed by atoms with Gasteiger partial charge >= 0.3 is 5.69 Å². The number of aromatic nitrogens is 2. The molecule has 0 radical (unpaired) electrons. The van der Waals surface area contributed by atoms with Crippen molar-refractivity contribution >= 4 is 11.6 Å². The zero-order chi connectivity index (χ0) is 11.7. The van der Waals surface area contributed by atoms with Gasteiger partial charge in [0, 0.05) is 7.05 Å². The van der Waals surface area contributed by atoms with Gasteiger partial charge in [0.2, 0.25) is 0 Å². The van der Waals surface area contributed by atoms with Crippen LogP contribution in [0.5, 0.6) is 0 Å². The fourth-order valence-electron chi connectivity index (χ4n) is 1.45. The molecule has 0 saturated carbocycles. The summed E-state index contributed by atoms with van der Waals surface area (Å²) in [6.07, 6.45) is 0. The average Bonchev–Trinajstić information content (AvgIpc) is 2.28. The van der Waals surface area contributed by atoms with Crippen LogP contribution in [0.15, 0.2) is 39.9 Å². The van der Waals surface area contributed by atoms with Crippen LogP contribution in [0.2, 0.25) is 5.15 Å². The van der Waals surface area contributed by atoms with Crippen LogP contribution < -0.4 is 11.2 Å². The van der Waals surface area contributed by atoms with Crippen molar-refractivity contribution in [3.05, 3.63) is 56.3 Å². The number of nitrogens with one attached hydrogen (secondary N) is 1. The van der Waals surface area contributed by atoms with Crippen LogP contribution in [-0.4, -0.2) is 9.55 Å². The van der Waals surface area contributed by atoms with E-state index in [9.17, 15) is 9.59 Å². The quantitative estimate of drug-likeness (QED) is 0.761. The number of rotatable bonds is 1. The van der Waals surface area contributed by atoms with E-state index in [1.54, 1.807) is 24.3 Å². The number of hydrogen-bond donors (Lipinski definition) is 1. The molecule has 0 saturated heterocycles. The Kier molecular flexibility index (Phi) is 2.66. The molecule has 0 aliphatic rings. The minimum Gasteiger partial charge on any atom is -0.297 e. The second-order valence-corrected chi connectivity index (χ2v) is 3.73. The van der Waals surface area contributed by atoms with Gasteiger partial charge in [0.1, 0.15) is 5.15 Å². The molecule has 2 aromatic rings. The number of halogens is 1. The standard InChI is InChI=1S/C11H9ClN2O2/c1-14-10(15)8(9(12)13-11(14)16)7-5-3-2-4-6-7/h2-6H,1H3,(H,13,16). The van der Waals surface area contributed by atoms with E-state index < -0.39 is 11.2 Å². The molecule has 0 fully saturated rings. The Morgan fingerprint density at radius 1 is 1.19 bits per heavy atom. The van der Waals surface area contributed by atoms with Crippen molar-refractivity contribution < 1.29 is 0 Å². The van der Waals surface area contributed by atoms with Crippen molar-refractivity contribution in [2.45, 2.75) is 0 Å². The summed E-state index contributed by atoms with van der Waals surface area (Å²) in [6.45, 7) is 0. The number of H-pyrrole nitrogens is 1. The van der Waals surface area contributed by atoms with Crippen LogP contribution in [-0.2, 0) is 7.05 Å². The molecule has 0 atom stereocenters. The van der Waals surface area contributed by atoms with E-state index in [0.29, 0.717) is 11.1 Å². The fraction of sp³-hybridized carbons (Fsp3) is 0.0909. The SMILES string of the molecule is Cn1c(=O)[nH]c(Cl)c(-c2ccccc2)c1=O. The maximum absolute atomic E-state index is 11.9. The maximum atomic E-state index is 11.9. The van der Waals surface area contributed by atoms with Gasteiger partial charge in [-0.05, 0) is 5.56 Å². The van der Waals surface area contributed by atoms with Crippen LogP contribution in [0.3, 0.4) is 0 Å². The van der Waals surface area contributed by atoms with Gasteiger partial charge in [0.05, 0.1) is 5.56 Å².